The van der Waals surface area contributed by atoms with E-state index in [1.165, 1.54) is 28.0 Å². The quantitative estimate of drug-likeness (QED) is 0.416. The maximum Gasteiger partial charge on any atom is 0.248 e. The topological polar surface area (TPSA) is 66.3 Å². The van der Waals surface area contributed by atoms with Crippen molar-refractivity contribution in [1.82, 2.24) is 4.98 Å². The molecule has 3 aromatic rings. The number of thiazole rings is 1. The van der Waals surface area contributed by atoms with E-state index in [4.69, 9.17) is 16.6 Å². The van der Waals surface area contributed by atoms with Crippen LogP contribution in [0.25, 0.3) is 0 Å². The van der Waals surface area contributed by atoms with Crippen molar-refractivity contribution in [2.45, 2.75) is 16.2 Å². The molecule has 1 fully saturated rings. The van der Waals surface area contributed by atoms with Crippen molar-refractivity contribution in [1.29, 1.82) is 0 Å². The summed E-state index contributed by atoms with van der Waals surface area (Å²) < 4.78 is 7.17. The Labute approximate surface area is 175 Å². The molecule has 0 radical (unpaired) electrons. The molecule has 2 amide bonds. The van der Waals surface area contributed by atoms with Gasteiger partial charge >= 0.3 is 0 Å². The number of halogens is 1. The summed E-state index contributed by atoms with van der Waals surface area (Å²) in [6.07, 6.45) is 1.59. The SMILES string of the molecule is O=C1C2Sc3[nH]c(=S)sc3C(c3ccco3)C2C(=O)N1c1ccc(Br)cc1. The summed E-state index contributed by atoms with van der Waals surface area (Å²) in [5.74, 6) is -0.575. The van der Waals surface area contributed by atoms with Gasteiger partial charge in [-0.25, -0.2) is 4.90 Å². The minimum atomic E-state index is -0.522. The number of nitrogens with zero attached hydrogens (tertiary/aromatic N) is 1. The van der Waals surface area contributed by atoms with Gasteiger partial charge in [0.25, 0.3) is 0 Å². The Kier molecular flexibility index (Phi) is 4.15. The lowest BCUT2D eigenvalue weighted by molar-refractivity contribution is -0.122. The van der Waals surface area contributed by atoms with Gasteiger partial charge in [0.2, 0.25) is 11.8 Å². The zero-order chi connectivity index (χ0) is 18.7. The van der Waals surface area contributed by atoms with Crippen molar-refractivity contribution in [3.63, 3.8) is 0 Å². The molecular weight excluding hydrogens is 468 g/mol. The average Bonchev–Trinajstić information content (AvgIpc) is 3.34. The van der Waals surface area contributed by atoms with Gasteiger partial charge in [-0.05, 0) is 48.6 Å². The number of furan rings is 1. The number of nitrogens with one attached hydrogen (secondary N) is 1. The molecule has 5 nitrogen and oxygen atoms in total. The molecule has 1 N–H and O–H groups in total. The van der Waals surface area contributed by atoms with Gasteiger partial charge < -0.3 is 9.40 Å². The fourth-order valence-corrected chi connectivity index (χ4v) is 6.84. The molecule has 1 aromatic carbocycles. The van der Waals surface area contributed by atoms with Gasteiger partial charge in [0.05, 0.1) is 28.8 Å². The second kappa shape index (κ2) is 6.44. The number of hydrogen-bond donors (Lipinski definition) is 1. The zero-order valence-electron chi connectivity index (χ0n) is 13.5. The summed E-state index contributed by atoms with van der Waals surface area (Å²) in [6.45, 7) is 0. The third-order valence-electron chi connectivity index (χ3n) is 4.76. The third-order valence-corrected chi connectivity index (χ3v) is 8.04. The van der Waals surface area contributed by atoms with Crippen LogP contribution < -0.4 is 4.90 Å². The van der Waals surface area contributed by atoms with E-state index >= 15 is 0 Å². The maximum atomic E-state index is 13.4. The zero-order valence-corrected chi connectivity index (χ0v) is 17.6. The van der Waals surface area contributed by atoms with E-state index in [0.717, 1.165) is 14.4 Å². The summed E-state index contributed by atoms with van der Waals surface area (Å²) in [5.41, 5.74) is 0.581. The molecule has 0 bridgehead atoms. The number of imide groups is 1. The Morgan fingerprint density at radius 1 is 1.15 bits per heavy atom. The van der Waals surface area contributed by atoms with E-state index in [1.54, 1.807) is 24.5 Å². The molecule has 136 valence electrons. The van der Waals surface area contributed by atoms with Gasteiger partial charge in [0.15, 0.2) is 3.95 Å². The van der Waals surface area contributed by atoms with Crippen molar-refractivity contribution in [2.24, 2.45) is 5.92 Å². The van der Waals surface area contributed by atoms with Crippen LogP contribution in [0.5, 0.6) is 0 Å². The molecule has 27 heavy (non-hydrogen) atoms. The number of aromatic amines is 1. The predicted molar refractivity (Wildman–Crippen MR) is 110 cm³/mol. The Balaban J connectivity index is 1.64. The monoisotopic (exact) mass is 478 g/mol. The molecule has 0 spiro atoms. The van der Waals surface area contributed by atoms with E-state index in [2.05, 4.69) is 20.9 Å². The normalized spacial score (nSPS) is 24.2. The Morgan fingerprint density at radius 2 is 1.93 bits per heavy atom. The van der Waals surface area contributed by atoms with Gasteiger partial charge in [-0.3, -0.25) is 9.59 Å². The molecule has 1 saturated heterocycles. The van der Waals surface area contributed by atoms with Crippen LogP contribution in [0.15, 0.2) is 56.6 Å². The number of hydrogen-bond acceptors (Lipinski definition) is 6. The standard InChI is InChI=1S/C18H11BrN2O3S3/c19-8-3-5-9(6-4-8)21-16(22)12-11(10-2-1-7-24-10)13-15(20-18(25)27-13)26-14(12)17(21)23/h1-7,11-12,14H,(H,20,25). The molecule has 4 heterocycles. The number of carbonyl (C=O) groups is 2. The van der Waals surface area contributed by atoms with Gasteiger partial charge in [-0.2, -0.15) is 0 Å². The Hall–Kier alpha value is -1.68. The van der Waals surface area contributed by atoms with Crippen LogP contribution in [0, 0.1) is 9.87 Å². The van der Waals surface area contributed by atoms with E-state index in [0.29, 0.717) is 15.4 Å². The number of H-pyrrole nitrogens is 1. The van der Waals surface area contributed by atoms with Gasteiger partial charge in [-0.1, -0.05) is 27.7 Å². The highest BCUT2D eigenvalue weighted by Gasteiger charge is 2.56. The number of thioether (sulfide) groups is 1. The first-order valence-electron chi connectivity index (χ1n) is 8.11. The van der Waals surface area contributed by atoms with Gasteiger partial charge in [0.1, 0.15) is 11.0 Å². The molecule has 3 atom stereocenters. The van der Waals surface area contributed by atoms with E-state index in [1.807, 2.05) is 18.2 Å². The first kappa shape index (κ1) is 17.4. The smallest absolute Gasteiger partial charge is 0.248 e. The third kappa shape index (κ3) is 2.67. The highest BCUT2D eigenvalue weighted by Crippen LogP contribution is 2.54. The van der Waals surface area contributed by atoms with Crippen molar-refractivity contribution in [3.8, 4) is 0 Å². The molecule has 2 aliphatic rings. The first-order valence-corrected chi connectivity index (χ1v) is 11.0. The van der Waals surface area contributed by atoms with E-state index in [-0.39, 0.29) is 17.7 Å². The lowest BCUT2D eigenvalue weighted by Gasteiger charge is -2.27. The molecule has 5 rings (SSSR count). The first-order chi connectivity index (χ1) is 13.0. The minimum Gasteiger partial charge on any atom is -0.469 e. The largest absolute Gasteiger partial charge is 0.469 e. The number of aromatic nitrogens is 1. The highest BCUT2D eigenvalue weighted by molar-refractivity contribution is 9.10. The highest BCUT2D eigenvalue weighted by atomic mass is 79.9. The summed E-state index contributed by atoms with van der Waals surface area (Å²) in [7, 11) is 0. The van der Waals surface area contributed by atoms with Crippen LogP contribution in [0.2, 0.25) is 0 Å². The lowest BCUT2D eigenvalue weighted by atomic mass is 9.87. The van der Waals surface area contributed by atoms with Crippen molar-refractivity contribution in [2.75, 3.05) is 4.90 Å². The van der Waals surface area contributed by atoms with Crippen LogP contribution in [0.4, 0.5) is 5.69 Å². The lowest BCUT2D eigenvalue weighted by Crippen LogP contribution is -2.32. The summed E-state index contributed by atoms with van der Waals surface area (Å²) in [4.78, 5) is 32.0. The van der Waals surface area contributed by atoms with Gasteiger partial charge in [-0.15, -0.1) is 11.3 Å². The van der Waals surface area contributed by atoms with Crippen LogP contribution >= 0.6 is 51.2 Å². The molecule has 0 aliphatic carbocycles. The molecule has 0 saturated carbocycles. The fourth-order valence-electron chi connectivity index (χ4n) is 3.64. The van der Waals surface area contributed by atoms with Gasteiger partial charge in [0, 0.05) is 9.35 Å². The van der Waals surface area contributed by atoms with E-state index < -0.39 is 11.2 Å². The summed E-state index contributed by atoms with van der Waals surface area (Å²) in [6, 6.07) is 10.8. The van der Waals surface area contributed by atoms with Crippen LogP contribution in [-0.4, -0.2) is 22.0 Å². The number of rotatable bonds is 2. The van der Waals surface area contributed by atoms with E-state index in [9.17, 15) is 9.59 Å². The van der Waals surface area contributed by atoms with Crippen LogP contribution in [0.1, 0.15) is 16.6 Å². The average molecular weight is 479 g/mol. The summed E-state index contributed by atoms with van der Waals surface area (Å²) in [5, 5.41) is 0.343. The van der Waals surface area contributed by atoms with Crippen LogP contribution in [0.3, 0.4) is 0 Å². The Morgan fingerprint density at radius 3 is 2.63 bits per heavy atom. The number of amides is 2. The molecule has 2 aromatic heterocycles. The number of anilines is 1. The minimum absolute atomic E-state index is 0.203. The predicted octanol–water partition coefficient (Wildman–Crippen LogP) is 4.96. The number of fused-ring (bicyclic) bond motifs is 2. The number of carbonyl (C=O) groups excluding carboxylic acids is 2. The maximum absolute atomic E-state index is 13.4. The van der Waals surface area contributed by atoms with Crippen molar-refractivity contribution >= 4 is 68.7 Å². The Bertz CT molecular complexity index is 1100. The molecular formula is C18H11BrN2O3S3. The molecule has 3 unspecified atom stereocenters. The van der Waals surface area contributed by atoms with Crippen LogP contribution in [-0.2, 0) is 9.59 Å². The number of benzene rings is 1. The summed E-state index contributed by atoms with van der Waals surface area (Å²) >= 11 is 11.5. The fraction of sp³-hybridized carbons (Fsp3) is 0.167. The second-order valence-corrected chi connectivity index (χ2v) is 10.0. The second-order valence-electron chi connectivity index (χ2n) is 6.25. The molecule has 9 heteroatoms. The van der Waals surface area contributed by atoms with Crippen molar-refractivity contribution in [3.05, 3.63) is 61.7 Å². The van der Waals surface area contributed by atoms with Crippen molar-refractivity contribution < 1.29 is 14.0 Å². The molecule has 2 aliphatic heterocycles.